The van der Waals surface area contributed by atoms with E-state index in [4.69, 9.17) is 9.47 Å². The van der Waals surface area contributed by atoms with Gasteiger partial charge in [0.05, 0.1) is 12.5 Å². The summed E-state index contributed by atoms with van der Waals surface area (Å²) in [5.74, 6) is -1.84. The second kappa shape index (κ2) is 3.48. The predicted molar refractivity (Wildman–Crippen MR) is 48.8 cm³/mol. The molecule has 2 unspecified atom stereocenters. The number of hydrogen-bond acceptors (Lipinski definition) is 5. The predicted octanol–water partition coefficient (Wildman–Crippen LogP) is -0.136. The number of aliphatic hydroxyl groups is 1. The Kier molecular flexibility index (Phi) is 2.42. The molecule has 0 aromatic rings. The standard InChI is InChI=1S/C10H14O5/c1-2-10(13)7-3-4-14-8(11)6(7)5-15-9(10)12/h6-7,13H,2-5H2,1H3/t6?,7?,10-/m0/s1. The van der Waals surface area contributed by atoms with Crippen LogP contribution >= 0.6 is 0 Å². The molecule has 2 aliphatic rings. The van der Waals surface area contributed by atoms with E-state index in [1.807, 2.05) is 0 Å². The van der Waals surface area contributed by atoms with Crippen LogP contribution in [0.15, 0.2) is 0 Å². The van der Waals surface area contributed by atoms with Crippen molar-refractivity contribution >= 4 is 11.9 Å². The number of esters is 2. The summed E-state index contributed by atoms with van der Waals surface area (Å²) in [6.07, 6.45) is 0.788. The fraction of sp³-hybridized carbons (Fsp3) is 0.800. The molecule has 5 heteroatoms. The topological polar surface area (TPSA) is 72.8 Å². The van der Waals surface area contributed by atoms with Gasteiger partial charge in [0.1, 0.15) is 6.61 Å². The molecule has 1 N–H and O–H groups in total. The fourth-order valence-electron chi connectivity index (χ4n) is 2.36. The number of hydrogen-bond donors (Lipinski definition) is 1. The third kappa shape index (κ3) is 1.42. The summed E-state index contributed by atoms with van der Waals surface area (Å²) in [6, 6.07) is 0. The largest absolute Gasteiger partial charge is 0.465 e. The lowest BCUT2D eigenvalue weighted by molar-refractivity contribution is -0.206. The number of rotatable bonds is 1. The van der Waals surface area contributed by atoms with Gasteiger partial charge in [0, 0.05) is 5.92 Å². The molecule has 15 heavy (non-hydrogen) atoms. The van der Waals surface area contributed by atoms with Crippen molar-refractivity contribution < 1.29 is 24.2 Å². The Morgan fingerprint density at radius 3 is 2.87 bits per heavy atom. The van der Waals surface area contributed by atoms with Crippen molar-refractivity contribution in [3.05, 3.63) is 0 Å². The molecular formula is C10H14O5. The summed E-state index contributed by atoms with van der Waals surface area (Å²) in [5, 5.41) is 10.2. The minimum atomic E-state index is -1.51. The SMILES string of the molecule is CC[C@@]1(O)C(=O)OCC2C(=O)OCCC21. The van der Waals surface area contributed by atoms with Gasteiger partial charge in [-0.15, -0.1) is 0 Å². The van der Waals surface area contributed by atoms with Crippen LogP contribution in [0, 0.1) is 11.8 Å². The van der Waals surface area contributed by atoms with Crippen LogP contribution in [0.4, 0.5) is 0 Å². The lowest BCUT2D eigenvalue weighted by Crippen LogP contribution is -2.58. The van der Waals surface area contributed by atoms with E-state index in [0.717, 1.165) is 0 Å². The number of ether oxygens (including phenoxy) is 2. The van der Waals surface area contributed by atoms with E-state index in [-0.39, 0.29) is 31.5 Å². The first-order chi connectivity index (χ1) is 7.09. The van der Waals surface area contributed by atoms with Crippen LogP contribution in [0.5, 0.6) is 0 Å². The third-order valence-electron chi connectivity index (χ3n) is 3.36. The van der Waals surface area contributed by atoms with Gasteiger partial charge < -0.3 is 14.6 Å². The van der Waals surface area contributed by atoms with Crippen LogP contribution in [0.3, 0.4) is 0 Å². The average molecular weight is 214 g/mol. The van der Waals surface area contributed by atoms with Crippen molar-refractivity contribution in [3.8, 4) is 0 Å². The Balaban J connectivity index is 2.29. The lowest BCUT2D eigenvalue weighted by atomic mass is 9.72. The average Bonchev–Trinajstić information content (AvgIpc) is 2.24. The first-order valence-electron chi connectivity index (χ1n) is 5.16. The lowest BCUT2D eigenvalue weighted by Gasteiger charge is -2.43. The highest BCUT2D eigenvalue weighted by Gasteiger charge is 2.55. The Morgan fingerprint density at radius 1 is 1.47 bits per heavy atom. The molecule has 0 saturated carbocycles. The number of carbonyl (C=O) groups is 2. The molecule has 5 nitrogen and oxygen atoms in total. The van der Waals surface area contributed by atoms with Gasteiger partial charge in [-0.1, -0.05) is 6.92 Å². The maximum absolute atomic E-state index is 11.5. The van der Waals surface area contributed by atoms with Gasteiger partial charge in [0.2, 0.25) is 0 Å². The Hall–Kier alpha value is -1.10. The van der Waals surface area contributed by atoms with Crippen molar-refractivity contribution in [2.45, 2.75) is 25.4 Å². The molecule has 0 aliphatic carbocycles. The zero-order valence-corrected chi connectivity index (χ0v) is 8.56. The number of cyclic esters (lactones) is 2. The molecular weight excluding hydrogens is 200 g/mol. The van der Waals surface area contributed by atoms with Crippen LogP contribution < -0.4 is 0 Å². The molecule has 2 fully saturated rings. The molecule has 2 aliphatic heterocycles. The summed E-state index contributed by atoms with van der Waals surface area (Å²) in [6.45, 7) is 2.02. The normalized spacial score (nSPS) is 40.4. The van der Waals surface area contributed by atoms with Gasteiger partial charge in [-0.2, -0.15) is 0 Å². The van der Waals surface area contributed by atoms with E-state index in [1.54, 1.807) is 6.92 Å². The van der Waals surface area contributed by atoms with Crippen molar-refractivity contribution in [2.24, 2.45) is 11.8 Å². The Morgan fingerprint density at radius 2 is 2.20 bits per heavy atom. The second-order valence-corrected chi connectivity index (χ2v) is 4.05. The number of fused-ring (bicyclic) bond motifs is 1. The maximum Gasteiger partial charge on any atom is 0.338 e. The molecule has 2 heterocycles. The molecule has 0 aromatic heterocycles. The summed E-state index contributed by atoms with van der Waals surface area (Å²) < 4.78 is 9.71. The highest BCUT2D eigenvalue weighted by atomic mass is 16.6. The summed E-state index contributed by atoms with van der Waals surface area (Å²) >= 11 is 0. The van der Waals surface area contributed by atoms with E-state index in [1.165, 1.54) is 0 Å². The fourth-order valence-corrected chi connectivity index (χ4v) is 2.36. The molecule has 0 spiro atoms. The smallest absolute Gasteiger partial charge is 0.338 e. The summed E-state index contributed by atoms with van der Waals surface area (Å²) in [5.41, 5.74) is -1.51. The zero-order chi connectivity index (χ0) is 11.1. The van der Waals surface area contributed by atoms with Crippen molar-refractivity contribution in [1.82, 2.24) is 0 Å². The second-order valence-electron chi connectivity index (χ2n) is 4.05. The molecule has 3 atom stereocenters. The van der Waals surface area contributed by atoms with Crippen LogP contribution in [-0.4, -0.2) is 35.9 Å². The molecule has 0 radical (unpaired) electrons. The maximum atomic E-state index is 11.5. The molecule has 84 valence electrons. The molecule has 0 aromatic carbocycles. The minimum Gasteiger partial charge on any atom is -0.465 e. The summed E-state index contributed by atoms with van der Waals surface area (Å²) in [4.78, 5) is 22.9. The molecule has 0 amide bonds. The van der Waals surface area contributed by atoms with Gasteiger partial charge in [-0.05, 0) is 12.8 Å². The summed E-state index contributed by atoms with van der Waals surface area (Å²) in [7, 11) is 0. The van der Waals surface area contributed by atoms with E-state index in [0.29, 0.717) is 6.42 Å². The van der Waals surface area contributed by atoms with Crippen molar-refractivity contribution in [1.29, 1.82) is 0 Å². The Bertz CT molecular complexity index is 300. The quantitative estimate of drug-likeness (QED) is 0.615. The van der Waals surface area contributed by atoms with Crippen molar-refractivity contribution in [2.75, 3.05) is 13.2 Å². The van der Waals surface area contributed by atoms with Crippen LogP contribution in [0.1, 0.15) is 19.8 Å². The van der Waals surface area contributed by atoms with Crippen molar-refractivity contribution in [3.63, 3.8) is 0 Å². The van der Waals surface area contributed by atoms with Gasteiger partial charge in [-0.25, -0.2) is 4.79 Å². The number of carbonyl (C=O) groups excluding carboxylic acids is 2. The van der Waals surface area contributed by atoms with E-state index in [9.17, 15) is 14.7 Å². The van der Waals surface area contributed by atoms with Gasteiger partial charge in [0.25, 0.3) is 0 Å². The highest BCUT2D eigenvalue weighted by Crippen LogP contribution is 2.39. The van der Waals surface area contributed by atoms with E-state index in [2.05, 4.69) is 0 Å². The first-order valence-corrected chi connectivity index (χ1v) is 5.16. The van der Waals surface area contributed by atoms with E-state index >= 15 is 0 Å². The van der Waals surface area contributed by atoms with Gasteiger partial charge >= 0.3 is 11.9 Å². The van der Waals surface area contributed by atoms with E-state index < -0.39 is 17.5 Å². The molecule has 2 saturated heterocycles. The Labute approximate surface area is 87.4 Å². The zero-order valence-electron chi connectivity index (χ0n) is 8.56. The molecule has 0 bridgehead atoms. The third-order valence-corrected chi connectivity index (χ3v) is 3.36. The highest BCUT2D eigenvalue weighted by molar-refractivity contribution is 5.84. The minimum absolute atomic E-state index is 0.0324. The van der Waals surface area contributed by atoms with Gasteiger partial charge in [-0.3, -0.25) is 4.79 Å². The van der Waals surface area contributed by atoms with Gasteiger partial charge in [0.15, 0.2) is 5.60 Å². The molecule has 2 rings (SSSR count). The van der Waals surface area contributed by atoms with Crippen LogP contribution in [-0.2, 0) is 19.1 Å². The first kappa shape index (κ1) is 10.4. The monoisotopic (exact) mass is 214 g/mol. The van der Waals surface area contributed by atoms with Crippen LogP contribution in [0.25, 0.3) is 0 Å². The van der Waals surface area contributed by atoms with Crippen LogP contribution in [0.2, 0.25) is 0 Å².